The Morgan fingerprint density at radius 2 is 0.872 bits per heavy atom. The normalized spacial score (nSPS) is 23.0. The van der Waals surface area contributed by atoms with E-state index in [4.69, 9.17) is 14.3 Å². The Balaban J connectivity index is 1.57. The van der Waals surface area contributed by atoms with Crippen molar-refractivity contribution in [3.8, 4) is 0 Å². The third kappa shape index (κ3) is 21.7. The number of rotatable bonds is 32. The number of hydrogen-bond acceptors (Lipinski definition) is 4. The van der Waals surface area contributed by atoms with Gasteiger partial charge in [0.2, 0.25) is 0 Å². The predicted molar refractivity (Wildman–Crippen MR) is 204 cm³/mol. The molecule has 4 atom stereocenters. The van der Waals surface area contributed by atoms with Crippen molar-refractivity contribution >= 4 is 0 Å². The predicted octanol–water partition coefficient (Wildman–Crippen LogP) is 13.4. The minimum absolute atomic E-state index is 0.203. The molecule has 0 N–H and O–H groups in total. The van der Waals surface area contributed by atoms with Gasteiger partial charge in [-0.2, -0.15) is 5.06 Å². The maximum absolute atomic E-state index is 6.79. The molecule has 1 aliphatic carbocycles. The zero-order chi connectivity index (χ0) is 33.7. The summed E-state index contributed by atoms with van der Waals surface area (Å²) < 4.78 is 13.6. The second kappa shape index (κ2) is 28.9. The Bertz CT molecular complexity index is 776. The van der Waals surface area contributed by atoms with Crippen molar-refractivity contribution in [1.29, 1.82) is 0 Å². The standard InChI is InChI=1S/C43H79NO3/c1-5-7-9-11-13-15-17-19-21-23-25-27-29-31-33-35-37-43(45-41-38-40(47-44(3)4)39-42(41)46-43)36-34-32-30-28-26-24-22-20-18-16-14-12-10-8-6-2/h13,15,18-21,40-42H,5-12,14,16-17,22-39H2,1-4H3/b15-13-,20-18-,21-19-/t40?,41-,42+,43?. The summed E-state index contributed by atoms with van der Waals surface area (Å²) in [6.45, 7) is 4.56. The Morgan fingerprint density at radius 1 is 0.511 bits per heavy atom. The number of fused-ring (bicyclic) bond motifs is 1. The smallest absolute Gasteiger partial charge is 0.169 e. The summed E-state index contributed by atoms with van der Waals surface area (Å²) in [5.41, 5.74) is 0. The Morgan fingerprint density at radius 3 is 1.32 bits per heavy atom. The number of ether oxygens (including phenoxy) is 2. The van der Waals surface area contributed by atoms with Crippen molar-refractivity contribution in [2.24, 2.45) is 0 Å². The maximum atomic E-state index is 6.79. The summed E-state index contributed by atoms with van der Waals surface area (Å²) >= 11 is 0. The molecule has 1 heterocycles. The molecule has 2 unspecified atom stereocenters. The van der Waals surface area contributed by atoms with E-state index in [-0.39, 0.29) is 24.1 Å². The van der Waals surface area contributed by atoms with Crippen LogP contribution in [0.25, 0.3) is 0 Å². The molecule has 0 spiro atoms. The number of nitrogens with zero attached hydrogens (tertiary/aromatic N) is 1. The first-order valence-corrected chi connectivity index (χ1v) is 20.7. The Hall–Kier alpha value is -0.940. The molecule has 47 heavy (non-hydrogen) atoms. The Kier molecular flexibility index (Phi) is 25.9. The van der Waals surface area contributed by atoms with E-state index < -0.39 is 0 Å². The van der Waals surface area contributed by atoms with Crippen molar-refractivity contribution < 1.29 is 14.3 Å². The minimum atomic E-state index is -0.352. The third-order valence-corrected chi connectivity index (χ3v) is 10.1. The molecule has 0 aromatic heterocycles. The van der Waals surface area contributed by atoms with Gasteiger partial charge in [0.25, 0.3) is 0 Å². The van der Waals surface area contributed by atoms with Gasteiger partial charge >= 0.3 is 0 Å². The second-order valence-electron chi connectivity index (χ2n) is 14.9. The average molecular weight is 658 g/mol. The highest BCUT2D eigenvalue weighted by Crippen LogP contribution is 2.44. The molecule has 4 nitrogen and oxygen atoms in total. The van der Waals surface area contributed by atoms with Gasteiger partial charge in [-0.25, -0.2) is 0 Å². The highest BCUT2D eigenvalue weighted by molar-refractivity contribution is 4.95. The first kappa shape index (κ1) is 42.2. The van der Waals surface area contributed by atoms with Crippen LogP contribution in [-0.2, 0) is 14.3 Å². The highest BCUT2D eigenvalue weighted by atomic mass is 16.8. The number of unbranched alkanes of at least 4 members (excludes halogenated alkanes) is 20. The molecule has 2 rings (SSSR count). The summed E-state index contributed by atoms with van der Waals surface area (Å²) in [6, 6.07) is 0. The first-order valence-electron chi connectivity index (χ1n) is 20.7. The monoisotopic (exact) mass is 658 g/mol. The van der Waals surface area contributed by atoms with Crippen LogP contribution in [0.2, 0.25) is 0 Å². The fraction of sp³-hybridized carbons (Fsp3) is 0.860. The van der Waals surface area contributed by atoms with Crippen molar-refractivity contribution in [2.45, 2.75) is 224 Å². The van der Waals surface area contributed by atoms with E-state index in [2.05, 4.69) is 50.3 Å². The second-order valence-corrected chi connectivity index (χ2v) is 14.9. The zero-order valence-electron chi connectivity index (χ0n) is 31.9. The highest BCUT2D eigenvalue weighted by Gasteiger charge is 2.51. The van der Waals surface area contributed by atoms with Crippen LogP contribution in [0.1, 0.15) is 200 Å². The fourth-order valence-electron chi connectivity index (χ4n) is 7.34. The van der Waals surface area contributed by atoms with Gasteiger partial charge in [0.1, 0.15) is 0 Å². The van der Waals surface area contributed by atoms with Gasteiger partial charge in [-0.05, 0) is 70.6 Å². The molecule has 0 bridgehead atoms. The molecule has 2 fully saturated rings. The van der Waals surface area contributed by atoms with Gasteiger partial charge in [0, 0.05) is 39.8 Å². The van der Waals surface area contributed by atoms with Gasteiger partial charge in [-0.15, -0.1) is 0 Å². The number of allylic oxidation sites excluding steroid dienone is 6. The van der Waals surface area contributed by atoms with Crippen molar-refractivity contribution in [3.63, 3.8) is 0 Å². The molecule has 0 aromatic rings. The largest absolute Gasteiger partial charge is 0.344 e. The molecule has 1 aliphatic heterocycles. The molecule has 0 amide bonds. The third-order valence-electron chi connectivity index (χ3n) is 10.1. The molecular weight excluding hydrogens is 578 g/mol. The van der Waals surface area contributed by atoms with E-state index in [1.807, 2.05) is 19.2 Å². The summed E-state index contributed by atoms with van der Waals surface area (Å²) in [6.07, 6.45) is 51.7. The van der Waals surface area contributed by atoms with Crippen LogP contribution >= 0.6 is 0 Å². The zero-order valence-corrected chi connectivity index (χ0v) is 31.9. The van der Waals surface area contributed by atoms with Gasteiger partial charge < -0.3 is 9.47 Å². The fourth-order valence-corrected chi connectivity index (χ4v) is 7.34. The van der Waals surface area contributed by atoms with E-state index in [9.17, 15) is 0 Å². The van der Waals surface area contributed by atoms with Gasteiger partial charge in [-0.1, -0.05) is 140 Å². The van der Waals surface area contributed by atoms with Gasteiger partial charge in [0.05, 0.1) is 18.3 Å². The van der Waals surface area contributed by atoms with Crippen LogP contribution in [-0.4, -0.2) is 43.3 Å². The molecular formula is C43H79NO3. The topological polar surface area (TPSA) is 30.9 Å². The van der Waals surface area contributed by atoms with Crippen LogP contribution < -0.4 is 0 Å². The molecule has 0 aromatic carbocycles. The van der Waals surface area contributed by atoms with E-state index >= 15 is 0 Å². The van der Waals surface area contributed by atoms with Crippen LogP contribution in [0.15, 0.2) is 36.5 Å². The minimum Gasteiger partial charge on any atom is -0.344 e. The first-order chi connectivity index (χ1) is 23.1. The van der Waals surface area contributed by atoms with Crippen LogP contribution in [0.4, 0.5) is 0 Å². The Labute approximate surface area is 293 Å². The number of hydroxylamine groups is 2. The molecule has 274 valence electrons. The van der Waals surface area contributed by atoms with Gasteiger partial charge in [-0.3, -0.25) is 4.84 Å². The van der Waals surface area contributed by atoms with E-state index in [1.165, 1.54) is 154 Å². The molecule has 4 heteroatoms. The average Bonchev–Trinajstić information content (AvgIpc) is 3.57. The molecule has 2 aliphatic rings. The SMILES string of the molecule is CCCCC/C=C\C/C=C\CCCCCCCCC1(CCCCCCCC/C=C\CCCCCCC)O[C@H]2CC(ON(C)C)C[C@H]2O1. The van der Waals surface area contributed by atoms with Crippen molar-refractivity contribution in [1.82, 2.24) is 5.06 Å². The molecule has 1 saturated carbocycles. The summed E-state index contributed by atoms with van der Waals surface area (Å²) in [4.78, 5) is 5.96. The lowest BCUT2D eigenvalue weighted by atomic mass is 9.98. The van der Waals surface area contributed by atoms with Crippen LogP contribution in [0.3, 0.4) is 0 Å². The van der Waals surface area contributed by atoms with E-state index in [1.54, 1.807) is 0 Å². The lowest BCUT2D eigenvalue weighted by Crippen LogP contribution is -2.33. The summed E-state index contributed by atoms with van der Waals surface area (Å²) in [7, 11) is 3.94. The molecule has 0 radical (unpaired) electrons. The van der Waals surface area contributed by atoms with Gasteiger partial charge in [0.15, 0.2) is 5.79 Å². The number of hydrogen-bond donors (Lipinski definition) is 0. The summed E-state index contributed by atoms with van der Waals surface area (Å²) in [5, 5.41) is 1.83. The maximum Gasteiger partial charge on any atom is 0.169 e. The van der Waals surface area contributed by atoms with E-state index in [0.29, 0.717) is 0 Å². The lowest BCUT2D eigenvalue weighted by molar-refractivity contribution is -0.213. The van der Waals surface area contributed by atoms with E-state index in [0.717, 1.165) is 32.1 Å². The summed E-state index contributed by atoms with van der Waals surface area (Å²) in [5.74, 6) is -0.352. The quantitative estimate of drug-likeness (QED) is 0.0409. The van der Waals surface area contributed by atoms with Crippen LogP contribution in [0, 0.1) is 0 Å². The lowest BCUT2D eigenvalue weighted by Gasteiger charge is -2.30. The van der Waals surface area contributed by atoms with Crippen molar-refractivity contribution in [2.75, 3.05) is 14.1 Å². The van der Waals surface area contributed by atoms with Crippen LogP contribution in [0.5, 0.6) is 0 Å². The molecule has 1 saturated heterocycles. The van der Waals surface area contributed by atoms with Crippen molar-refractivity contribution in [3.05, 3.63) is 36.5 Å².